The molecule has 0 saturated heterocycles. The third kappa shape index (κ3) is 3.06. The van der Waals surface area contributed by atoms with Crippen molar-refractivity contribution in [2.45, 2.75) is 6.42 Å². The Kier molecular flexibility index (Phi) is 3.82. The highest BCUT2D eigenvalue weighted by molar-refractivity contribution is 6.39. The zero-order chi connectivity index (χ0) is 12.4. The molecule has 1 N–H and O–H groups in total. The molecule has 0 heterocycles. The summed E-state index contributed by atoms with van der Waals surface area (Å²) in [6.07, 6.45) is 0.551. The first kappa shape index (κ1) is 12.6. The van der Waals surface area contributed by atoms with Gasteiger partial charge in [-0.05, 0) is 41.5 Å². The Morgan fingerprint density at radius 2 is 1.71 bits per heavy atom. The van der Waals surface area contributed by atoms with Crippen LogP contribution in [0.4, 0.5) is 0 Å². The van der Waals surface area contributed by atoms with Crippen LogP contribution < -0.4 is 0 Å². The number of hydrogen-bond donors (Lipinski definition) is 1. The molecule has 0 fully saturated rings. The maximum absolute atomic E-state index is 9.17. The van der Waals surface area contributed by atoms with Crippen LogP contribution in [-0.4, -0.2) is 5.11 Å². The monoisotopic (exact) mass is 285 g/mol. The Morgan fingerprint density at radius 1 is 1.06 bits per heavy atom. The van der Waals surface area contributed by atoms with Crippen molar-refractivity contribution in [1.29, 1.82) is 0 Å². The maximum Gasteiger partial charge on any atom is 0.116 e. The Bertz CT molecular complexity index is 512. The lowest BCUT2D eigenvalue weighted by Gasteiger charge is -2.07. The number of rotatable bonds is 2. The molecule has 2 rings (SSSR count). The van der Waals surface area contributed by atoms with Crippen molar-refractivity contribution in [3.05, 3.63) is 62.6 Å². The highest BCUT2D eigenvalue weighted by Gasteiger charge is 2.08. The second kappa shape index (κ2) is 5.18. The summed E-state index contributed by atoms with van der Waals surface area (Å²) in [5.41, 5.74) is 1.70. The van der Waals surface area contributed by atoms with Gasteiger partial charge in [0.2, 0.25) is 0 Å². The normalized spacial score (nSPS) is 10.5. The van der Waals surface area contributed by atoms with Crippen molar-refractivity contribution in [1.82, 2.24) is 0 Å². The van der Waals surface area contributed by atoms with E-state index < -0.39 is 0 Å². The average Bonchev–Trinajstić information content (AvgIpc) is 2.26. The first-order valence-corrected chi connectivity index (χ1v) is 6.02. The quantitative estimate of drug-likeness (QED) is 0.845. The average molecular weight is 287 g/mol. The van der Waals surface area contributed by atoms with Gasteiger partial charge in [-0.25, -0.2) is 0 Å². The number of hydrogen-bond acceptors (Lipinski definition) is 1. The van der Waals surface area contributed by atoms with Gasteiger partial charge in [-0.15, -0.1) is 0 Å². The first-order chi connectivity index (χ1) is 8.06. The fourth-order valence-corrected chi connectivity index (χ4v) is 2.44. The van der Waals surface area contributed by atoms with Gasteiger partial charge in [0.25, 0.3) is 0 Å². The molecule has 2 aromatic carbocycles. The predicted octanol–water partition coefficient (Wildman–Crippen LogP) is 4.74. The molecule has 0 unspecified atom stereocenters. The molecule has 17 heavy (non-hydrogen) atoms. The van der Waals surface area contributed by atoms with Crippen LogP contribution in [0, 0.1) is 6.07 Å². The van der Waals surface area contributed by atoms with E-state index in [1.54, 1.807) is 24.3 Å². The van der Waals surface area contributed by atoms with Crippen LogP contribution in [0.25, 0.3) is 0 Å². The van der Waals surface area contributed by atoms with Gasteiger partial charge in [0.15, 0.2) is 0 Å². The second-order valence-electron chi connectivity index (χ2n) is 3.60. The molecule has 0 aromatic heterocycles. The molecule has 1 nitrogen and oxygen atoms in total. The molecule has 0 aliphatic rings. The lowest BCUT2D eigenvalue weighted by molar-refractivity contribution is 0.475. The molecule has 0 atom stereocenters. The van der Waals surface area contributed by atoms with E-state index in [-0.39, 0.29) is 5.75 Å². The Balaban J connectivity index is 2.33. The fourth-order valence-electron chi connectivity index (χ4n) is 1.49. The molecule has 0 amide bonds. The SMILES string of the molecule is Oc1c[c]c(Cc2c(Cl)cc(Cl)cc2Cl)cc1. The van der Waals surface area contributed by atoms with Gasteiger partial charge in [0.05, 0.1) is 0 Å². The van der Waals surface area contributed by atoms with Crippen molar-refractivity contribution < 1.29 is 5.11 Å². The molecule has 0 spiro atoms. The topological polar surface area (TPSA) is 20.2 Å². The van der Waals surface area contributed by atoms with Crippen molar-refractivity contribution in [2.75, 3.05) is 0 Å². The minimum Gasteiger partial charge on any atom is -0.508 e. The maximum atomic E-state index is 9.17. The Labute approximate surface area is 115 Å². The number of phenolic OH excluding ortho intramolecular Hbond substituents is 1. The van der Waals surface area contributed by atoms with E-state index in [1.165, 1.54) is 6.07 Å². The molecule has 1 radical (unpaired) electrons. The molecule has 87 valence electrons. The van der Waals surface area contributed by atoms with Gasteiger partial charge in [0.1, 0.15) is 5.75 Å². The largest absolute Gasteiger partial charge is 0.508 e. The van der Waals surface area contributed by atoms with Gasteiger partial charge >= 0.3 is 0 Å². The number of aromatic hydroxyl groups is 1. The Hall–Kier alpha value is -0.890. The zero-order valence-corrected chi connectivity index (χ0v) is 10.9. The third-order valence-electron chi connectivity index (χ3n) is 2.33. The smallest absolute Gasteiger partial charge is 0.116 e. The molecule has 0 saturated carbocycles. The lowest BCUT2D eigenvalue weighted by Crippen LogP contribution is -1.91. The highest BCUT2D eigenvalue weighted by Crippen LogP contribution is 2.30. The minimum atomic E-state index is 0.182. The van der Waals surface area contributed by atoms with E-state index in [0.717, 1.165) is 11.1 Å². The summed E-state index contributed by atoms with van der Waals surface area (Å²) in [7, 11) is 0. The first-order valence-electron chi connectivity index (χ1n) is 4.89. The van der Waals surface area contributed by atoms with Gasteiger partial charge in [-0.1, -0.05) is 40.9 Å². The van der Waals surface area contributed by atoms with Gasteiger partial charge in [-0.2, -0.15) is 0 Å². The van der Waals surface area contributed by atoms with Crippen molar-refractivity contribution in [3.8, 4) is 5.75 Å². The highest BCUT2D eigenvalue weighted by atomic mass is 35.5. The van der Waals surface area contributed by atoms with Crippen LogP contribution in [0.1, 0.15) is 11.1 Å². The zero-order valence-electron chi connectivity index (χ0n) is 8.67. The summed E-state index contributed by atoms with van der Waals surface area (Å²) >= 11 is 18.0. The van der Waals surface area contributed by atoms with Crippen molar-refractivity contribution >= 4 is 34.8 Å². The van der Waals surface area contributed by atoms with Crippen molar-refractivity contribution in [2.24, 2.45) is 0 Å². The lowest BCUT2D eigenvalue weighted by atomic mass is 10.0. The molecule has 0 aliphatic carbocycles. The van der Waals surface area contributed by atoms with E-state index in [1.807, 2.05) is 0 Å². The molecular weight excluding hydrogens is 279 g/mol. The molecule has 0 bridgehead atoms. The summed E-state index contributed by atoms with van der Waals surface area (Å²) in [5, 5.41) is 10.7. The standard InChI is InChI=1S/C13H8Cl3O/c14-9-6-12(15)11(13(16)7-9)5-8-1-3-10(17)4-2-8/h1,3-4,6-7,17H,5H2. The van der Waals surface area contributed by atoms with E-state index in [4.69, 9.17) is 39.9 Å². The Morgan fingerprint density at radius 3 is 2.24 bits per heavy atom. The molecule has 0 aliphatic heterocycles. The molecule has 2 aromatic rings. The molecular formula is C13H8Cl3O. The van der Waals surface area contributed by atoms with E-state index in [9.17, 15) is 0 Å². The van der Waals surface area contributed by atoms with Crippen LogP contribution >= 0.6 is 34.8 Å². The second-order valence-corrected chi connectivity index (χ2v) is 4.85. The third-order valence-corrected chi connectivity index (χ3v) is 3.23. The number of benzene rings is 2. The minimum absolute atomic E-state index is 0.182. The summed E-state index contributed by atoms with van der Waals surface area (Å²) in [5.74, 6) is 0.182. The van der Waals surface area contributed by atoms with Crippen LogP contribution in [0.3, 0.4) is 0 Å². The van der Waals surface area contributed by atoms with Gasteiger partial charge in [0, 0.05) is 21.5 Å². The van der Waals surface area contributed by atoms with Crippen LogP contribution in [0.2, 0.25) is 15.1 Å². The van der Waals surface area contributed by atoms with Crippen LogP contribution in [-0.2, 0) is 6.42 Å². The van der Waals surface area contributed by atoms with Crippen LogP contribution in [0.5, 0.6) is 5.75 Å². The van der Waals surface area contributed by atoms with Crippen molar-refractivity contribution in [3.63, 3.8) is 0 Å². The van der Waals surface area contributed by atoms with E-state index in [0.29, 0.717) is 21.5 Å². The summed E-state index contributed by atoms with van der Waals surface area (Å²) in [4.78, 5) is 0. The summed E-state index contributed by atoms with van der Waals surface area (Å²) in [6, 6.07) is 11.2. The number of halogens is 3. The predicted molar refractivity (Wildman–Crippen MR) is 71.2 cm³/mol. The van der Waals surface area contributed by atoms with Gasteiger partial charge in [-0.3, -0.25) is 0 Å². The van der Waals surface area contributed by atoms with Crippen LogP contribution in [0.15, 0.2) is 30.3 Å². The molecule has 4 heteroatoms. The summed E-state index contributed by atoms with van der Waals surface area (Å²) < 4.78 is 0. The van der Waals surface area contributed by atoms with E-state index >= 15 is 0 Å². The fraction of sp³-hybridized carbons (Fsp3) is 0.0769. The van der Waals surface area contributed by atoms with E-state index in [2.05, 4.69) is 6.07 Å². The van der Waals surface area contributed by atoms with Gasteiger partial charge < -0.3 is 5.11 Å². The number of phenols is 1. The summed E-state index contributed by atoms with van der Waals surface area (Å²) in [6.45, 7) is 0.